The lowest BCUT2D eigenvalue weighted by Crippen LogP contribution is -2.53. The maximum Gasteiger partial charge on any atom is 0.321 e. The number of piperidine rings is 1. The number of carbonyl (C=O) groups excluding carboxylic acids is 2. The second-order valence-electron chi connectivity index (χ2n) is 8.91. The molecule has 12 heteroatoms. The number of methoxy groups -OCH3 is 1. The minimum atomic E-state index is -3.27. The average molecular weight is 506 g/mol. The van der Waals surface area contributed by atoms with Crippen molar-refractivity contribution < 1.29 is 27.1 Å². The van der Waals surface area contributed by atoms with Crippen LogP contribution in [0.25, 0.3) is 0 Å². The fourth-order valence-corrected chi connectivity index (χ4v) is 4.71. The van der Waals surface area contributed by atoms with Crippen LogP contribution in [0.1, 0.15) is 31.2 Å². The number of hydrogen-bond acceptors (Lipinski definition) is 6. The summed E-state index contributed by atoms with van der Waals surface area (Å²) in [6, 6.07) is 7.12. The number of sulfonamides is 1. The Morgan fingerprint density at radius 1 is 1.29 bits per heavy atom. The largest absolute Gasteiger partial charge is 0.495 e. The Kier molecular flexibility index (Phi) is 6.95. The van der Waals surface area contributed by atoms with Gasteiger partial charge in [0.25, 0.3) is 0 Å². The highest BCUT2D eigenvalue weighted by Crippen LogP contribution is 2.48. The van der Waals surface area contributed by atoms with Crippen LogP contribution in [0.4, 0.5) is 20.7 Å². The number of aromatic nitrogens is 1. The third-order valence-corrected chi connectivity index (χ3v) is 7.01. The van der Waals surface area contributed by atoms with Gasteiger partial charge in [-0.25, -0.2) is 27.3 Å². The molecule has 1 aliphatic heterocycles. The number of hydrogen-bond donors (Lipinski definition) is 3. The first kappa shape index (κ1) is 24.9. The zero-order chi connectivity index (χ0) is 25.2. The maximum atomic E-state index is 14.1. The van der Waals surface area contributed by atoms with Gasteiger partial charge < -0.3 is 15.0 Å². The fourth-order valence-electron chi connectivity index (χ4n) is 4.17. The topological polar surface area (TPSA) is 130 Å². The molecular formula is C23H28FN5O5S. The highest BCUT2D eigenvalue weighted by Gasteiger charge is 2.44. The molecule has 10 nitrogen and oxygen atoms in total. The summed E-state index contributed by atoms with van der Waals surface area (Å²) in [6.07, 6.45) is 5.34. The minimum Gasteiger partial charge on any atom is -0.495 e. The highest BCUT2D eigenvalue weighted by atomic mass is 32.2. The number of halogens is 1. The normalized spacial score (nSPS) is 19.2. The van der Waals surface area contributed by atoms with Gasteiger partial charge in [0, 0.05) is 30.3 Å². The second-order valence-corrected chi connectivity index (χ2v) is 10.7. The molecule has 0 radical (unpaired) electrons. The number of nitrogens with one attached hydrogen (secondary N) is 3. The van der Waals surface area contributed by atoms with Crippen LogP contribution in [0.15, 0.2) is 36.5 Å². The lowest BCUT2D eigenvalue weighted by atomic mass is 9.95. The summed E-state index contributed by atoms with van der Waals surface area (Å²) < 4.78 is 44.5. The highest BCUT2D eigenvalue weighted by molar-refractivity contribution is 7.88. The number of carbonyl (C=O) groups is 2. The third kappa shape index (κ3) is 5.88. The summed E-state index contributed by atoms with van der Waals surface area (Å²) in [5, 5.41) is 4.93. The van der Waals surface area contributed by atoms with E-state index in [1.165, 1.54) is 13.3 Å². The molecule has 0 unspecified atom stereocenters. The van der Waals surface area contributed by atoms with Crippen molar-refractivity contribution in [2.45, 2.75) is 37.1 Å². The van der Waals surface area contributed by atoms with Gasteiger partial charge in [-0.1, -0.05) is 12.1 Å². The van der Waals surface area contributed by atoms with Gasteiger partial charge in [-0.3, -0.25) is 10.1 Å². The van der Waals surface area contributed by atoms with Crippen LogP contribution in [0.2, 0.25) is 0 Å². The molecule has 4 rings (SSSR count). The Hall–Kier alpha value is -3.25. The van der Waals surface area contributed by atoms with Crippen molar-refractivity contribution in [1.82, 2.24) is 15.0 Å². The average Bonchev–Trinajstić information content (AvgIpc) is 3.61. The van der Waals surface area contributed by atoms with E-state index in [1.807, 2.05) is 24.3 Å². The predicted octanol–water partition coefficient (Wildman–Crippen LogP) is 2.13. The minimum absolute atomic E-state index is 0.208. The Labute approximate surface area is 203 Å². The van der Waals surface area contributed by atoms with E-state index in [9.17, 15) is 22.4 Å². The number of rotatable bonds is 8. The summed E-state index contributed by atoms with van der Waals surface area (Å²) in [5.74, 6) is -1.06. The van der Waals surface area contributed by atoms with Crippen LogP contribution in [-0.2, 0) is 20.2 Å². The molecule has 188 valence electrons. The smallest absolute Gasteiger partial charge is 0.321 e. The Morgan fingerprint density at radius 2 is 2.00 bits per heavy atom. The lowest BCUT2D eigenvalue weighted by Gasteiger charge is -2.33. The molecule has 3 amide bonds. The fraction of sp³-hybridized carbons (Fsp3) is 0.435. The summed E-state index contributed by atoms with van der Waals surface area (Å²) in [7, 11) is -1.89. The predicted molar refractivity (Wildman–Crippen MR) is 128 cm³/mol. The number of amides is 3. The van der Waals surface area contributed by atoms with Gasteiger partial charge in [0.2, 0.25) is 15.9 Å². The van der Waals surface area contributed by atoms with Crippen LogP contribution in [0.5, 0.6) is 5.75 Å². The van der Waals surface area contributed by atoms with Crippen molar-refractivity contribution in [1.29, 1.82) is 0 Å². The molecule has 2 aromatic rings. The van der Waals surface area contributed by atoms with Gasteiger partial charge in [-0.15, -0.1) is 0 Å². The van der Waals surface area contributed by atoms with Gasteiger partial charge in [-0.05, 0) is 43.4 Å². The molecule has 2 aliphatic rings. The molecule has 1 aromatic heterocycles. The molecule has 3 N–H and O–H groups in total. The first-order valence-electron chi connectivity index (χ1n) is 11.2. The number of nitrogens with zero attached hydrogens (tertiary/aromatic N) is 2. The van der Waals surface area contributed by atoms with Crippen LogP contribution < -0.4 is 25.0 Å². The van der Waals surface area contributed by atoms with E-state index in [0.717, 1.165) is 30.7 Å². The molecule has 1 atom stereocenters. The Bertz CT molecular complexity index is 1220. The van der Waals surface area contributed by atoms with Crippen molar-refractivity contribution in [3.63, 3.8) is 0 Å². The van der Waals surface area contributed by atoms with Crippen molar-refractivity contribution in [3.8, 4) is 5.75 Å². The van der Waals surface area contributed by atoms with Crippen LogP contribution >= 0.6 is 0 Å². The standard InChI is InChI=1S/C23H28FN5O5S/c1-34-17-12-18(24)20(25-13-17)28-22(31)27-19-4-3-11-29(21(19)30)16-7-5-15(6-8-16)23(9-10-23)14-26-35(2,32)33/h5-8,12-13,19,26H,3-4,9-11,14H2,1-2H3,(H2,25,27,28,31)/t19-/m1/s1. The zero-order valence-electron chi connectivity index (χ0n) is 19.5. The van der Waals surface area contributed by atoms with Crippen molar-refractivity contribution in [2.75, 3.05) is 36.7 Å². The Balaban J connectivity index is 1.38. The number of urea groups is 1. The molecule has 1 aromatic carbocycles. The molecular weight excluding hydrogens is 477 g/mol. The lowest BCUT2D eigenvalue weighted by molar-refractivity contribution is -0.121. The van der Waals surface area contributed by atoms with Crippen LogP contribution in [0, 0.1) is 5.82 Å². The van der Waals surface area contributed by atoms with Crippen molar-refractivity contribution in [3.05, 3.63) is 47.9 Å². The molecule has 1 aliphatic carbocycles. The number of ether oxygens (including phenoxy) is 1. The van der Waals surface area contributed by atoms with Crippen molar-refractivity contribution in [2.24, 2.45) is 0 Å². The Morgan fingerprint density at radius 3 is 2.60 bits per heavy atom. The van der Waals surface area contributed by atoms with Gasteiger partial charge in [-0.2, -0.15) is 0 Å². The monoisotopic (exact) mass is 505 g/mol. The van der Waals surface area contributed by atoms with E-state index >= 15 is 0 Å². The quantitative estimate of drug-likeness (QED) is 0.504. The van der Waals surface area contributed by atoms with Gasteiger partial charge in [0.05, 0.1) is 19.6 Å². The van der Waals surface area contributed by atoms with Gasteiger partial charge in [0.15, 0.2) is 11.6 Å². The summed E-state index contributed by atoms with van der Waals surface area (Å²) in [5.41, 5.74) is 1.51. The van der Waals surface area contributed by atoms with E-state index in [1.54, 1.807) is 4.90 Å². The third-order valence-electron chi connectivity index (χ3n) is 6.35. The molecule has 1 saturated carbocycles. The molecule has 0 spiro atoms. The van der Waals surface area contributed by atoms with Gasteiger partial charge in [0.1, 0.15) is 11.8 Å². The first-order valence-corrected chi connectivity index (χ1v) is 13.1. The van der Waals surface area contributed by atoms with Gasteiger partial charge >= 0.3 is 6.03 Å². The SMILES string of the molecule is COc1cnc(NC(=O)N[C@@H]2CCCN(c3ccc(C4(CNS(C)(=O)=O)CC4)cc3)C2=O)c(F)c1. The first-order chi connectivity index (χ1) is 16.6. The van der Waals surface area contributed by atoms with E-state index in [4.69, 9.17) is 4.74 Å². The molecule has 2 heterocycles. The van der Waals surface area contributed by atoms with E-state index in [2.05, 4.69) is 20.3 Å². The van der Waals surface area contributed by atoms with Crippen molar-refractivity contribution >= 4 is 33.5 Å². The zero-order valence-corrected chi connectivity index (χ0v) is 20.3. The van der Waals surface area contributed by atoms with E-state index in [-0.39, 0.29) is 22.9 Å². The molecule has 35 heavy (non-hydrogen) atoms. The summed E-state index contributed by atoms with van der Waals surface area (Å²) in [6.45, 7) is 0.853. The number of benzene rings is 1. The summed E-state index contributed by atoms with van der Waals surface area (Å²) in [4.78, 5) is 30.9. The molecule has 2 fully saturated rings. The molecule has 0 bridgehead atoms. The van der Waals surface area contributed by atoms with E-state index < -0.39 is 27.9 Å². The van der Waals surface area contributed by atoms with E-state index in [0.29, 0.717) is 31.6 Å². The van der Waals surface area contributed by atoms with Crippen LogP contribution in [0.3, 0.4) is 0 Å². The maximum absolute atomic E-state index is 14.1. The molecule has 1 saturated heterocycles. The number of pyridine rings is 1. The summed E-state index contributed by atoms with van der Waals surface area (Å²) >= 11 is 0. The second kappa shape index (κ2) is 9.78. The van der Waals surface area contributed by atoms with Crippen LogP contribution in [-0.4, -0.2) is 57.8 Å². The number of anilines is 2.